The van der Waals surface area contributed by atoms with Crippen LogP contribution in [-0.2, 0) is 11.2 Å². The number of aromatic nitrogens is 2. The first-order valence-electron chi connectivity index (χ1n) is 17.3. The molecule has 1 heterocycles. The van der Waals surface area contributed by atoms with Crippen molar-refractivity contribution in [2.75, 3.05) is 0 Å². The number of ether oxygens (including phenoxy) is 1. The molecular formula is C46H36N4O. The van der Waals surface area contributed by atoms with E-state index in [9.17, 15) is 0 Å². The summed E-state index contributed by atoms with van der Waals surface area (Å²) in [6.45, 7) is 0. The number of allylic oxidation sites excluding steroid dienone is 4. The van der Waals surface area contributed by atoms with Gasteiger partial charge >= 0.3 is 0 Å². The van der Waals surface area contributed by atoms with Crippen LogP contribution in [0.5, 0.6) is 0 Å². The number of nitrogens with zero attached hydrogens (tertiary/aromatic N) is 2. The Labute approximate surface area is 298 Å². The van der Waals surface area contributed by atoms with Gasteiger partial charge in [-0.15, -0.1) is 0 Å². The van der Waals surface area contributed by atoms with Crippen molar-refractivity contribution in [2.45, 2.75) is 25.2 Å². The maximum atomic E-state index is 8.66. The maximum absolute atomic E-state index is 8.66. The molecule has 1 atom stereocenters. The molecule has 2 aliphatic rings. The molecule has 0 bridgehead atoms. The Morgan fingerprint density at radius 1 is 0.647 bits per heavy atom. The third kappa shape index (κ3) is 6.75. The summed E-state index contributed by atoms with van der Waals surface area (Å²) in [5, 5.41) is 17.1. The molecule has 0 saturated carbocycles. The Morgan fingerprint density at radius 2 is 1.35 bits per heavy atom. The third-order valence-electron chi connectivity index (χ3n) is 9.55. The summed E-state index contributed by atoms with van der Waals surface area (Å²) in [5.74, 6) is 0.830. The van der Waals surface area contributed by atoms with Crippen LogP contribution >= 0.6 is 0 Å². The van der Waals surface area contributed by atoms with Crippen LogP contribution in [0.4, 0.5) is 0 Å². The SMILES string of the molecule is N=C(OC(=N)c1cccc(C2C=Cc3cccc(-c4ccccc4-c4cc(-c5ccccc5)nc(-c5ccccc5)n4)c3C2)c1)C1=CC=CCC1. The normalized spacial score (nSPS) is 14.7. The van der Waals surface area contributed by atoms with Gasteiger partial charge in [-0.1, -0.05) is 146 Å². The van der Waals surface area contributed by atoms with Gasteiger partial charge in [0, 0.05) is 33.7 Å². The molecule has 1 aromatic heterocycles. The van der Waals surface area contributed by atoms with Gasteiger partial charge < -0.3 is 4.74 Å². The monoisotopic (exact) mass is 660 g/mol. The van der Waals surface area contributed by atoms with Crippen LogP contribution in [0.15, 0.2) is 163 Å². The molecule has 0 saturated heterocycles. The summed E-state index contributed by atoms with van der Waals surface area (Å²) in [7, 11) is 0. The lowest BCUT2D eigenvalue weighted by Crippen LogP contribution is -2.15. The molecule has 0 fully saturated rings. The van der Waals surface area contributed by atoms with Crippen molar-refractivity contribution >= 4 is 17.9 Å². The standard InChI is InChI=1S/C46H36N4O/c47-44(33-16-6-2-7-17-33)51-45(48)37-22-12-21-35(28-37)36-27-26-31-20-13-25-39(41(31)29-36)38-23-10-11-24-40(38)43-30-42(32-14-4-1-5-15-32)49-46(50-43)34-18-8-3-9-19-34/h1-6,8-16,18-28,30,36,47-48H,7,17,29H2. The zero-order valence-electron chi connectivity index (χ0n) is 28.1. The lowest BCUT2D eigenvalue weighted by molar-refractivity contribution is 0.533. The molecule has 51 heavy (non-hydrogen) atoms. The van der Waals surface area contributed by atoms with E-state index in [0.29, 0.717) is 11.4 Å². The van der Waals surface area contributed by atoms with Gasteiger partial charge in [-0.25, -0.2) is 9.97 Å². The molecule has 5 heteroatoms. The Bertz CT molecular complexity index is 2300. The van der Waals surface area contributed by atoms with E-state index in [2.05, 4.69) is 97.1 Å². The Balaban J connectivity index is 1.14. The zero-order valence-corrected chi connectivity index (χ0v) is 28.1. The van der Waals surface area contributed by atoms with Gasteiger partial charge in [0.2, 0.25) is 11.8 Å². The average molecular weight is 661 g/mol. The molecule has 5 aromatic carbocycles. The molecule has 0 amide bonds. The van der Waals surface area contributed by atoms with Gasteiger partial charge in [0.1, 0.15) is 0 Å². The minimum absolute atomic E-state index is 0.0123. The summed E-state index contributed by atoms with van der Waals surface area (Å²) in [6.07, 6.45) is 12.8. The van der Waals surface area contributed by atoms with E-state index in [1.807, 2.05) is 66.7 Å². The number of hydrogen-bond acceptors (Lipinski definition) is 5. The molecule has 8 rings (SSSR count). The Morgan fingerprint density at radius 3 is 2.14 bits per heavy atom. The highest BCUT2D eigenvalue weighted by Crippen LogP contribution is 2.40. The van der Waals surface area contributed by atoms with Crippen LogP contribution in [0.2, 0.25) is 0 Å². The van der Waals surface area contributed by atoms with Crippen molar-refractivity contribution in [1.29, 1.82) is 10.8 Å². The fourth-order valence-corrected chi connectivity index (χ4v) is 6.91. The molecular weight excluding hydrogens is 625 g/mol. The second-order valence-corrected chi connectivity index (χ2v) is 12.8. The first kappa shape index (κ1) is 31.8. The first-order chi connectivity index (χ1) is 25.1. The third-order valence-corrected chi connectivity index (χ3v) is 9.55. The van der Waals surface area contributed by atoms with Gasteiger partial charge in [0.05, 0.1) is 11.4 Å². The molecule has 0 aliphatic heterocycles. The number of benzene rings is 5. The average Bonchev–Trinajstić information content (AvgIpc) is 3.21. The zero-order chi connectivity index (χ0) is 34.6. The summed E-state index contributed by atoms with van der Waals surface area (Å²) < 4.78 is 5.72. The summed E-state index contributed by atoms with van der Waals surface area (Å²) in [5.41, 5.74) is 12.2. The number of nitrogens with one attached hydrogen (secondary N) is 2. The van der Waals surface area contributed by atoms with E-state index in [0.717, 1.165) is 64.0 Å². The lowest BCUT2D eigenvalue weighted by Gasteiger charge is -2.24. The molecule has 0 spiro atoms. The number of rotatable bonds is 7. The van der Waals surface area contributed by atoms with Crippen LogP contribution in [-0.4, -0.2) is 21.8 Å². The van der Waals surface area contributed by atoms with E-state index in [1.165, 1.54) is 16.7 Å². The van der Waals surface area contributed by atoms with Gasteiger partial charge in [-0.3, -0.25) is 10.8 Å². The number of hydrogen-bond donors (Lipinski definition) is 2. The van der Waals surface area contributed by atoms with Crippen molar-refractivity contribution in [2.24, 2.45) is 0 Å². The molecule has 6 aromatic rings. The number of fused-ring (bicyclic) bond motifs is 1. The minimum atomic E-state index is -0.0123. The topological polar surface area (TPSA) is 82.7 Å². The van der Waals surface area contributed by atoms with Crippen molar-refractivity contribution < 1.29 is 4.74 Å². The highest BCUT2D eigenvalue weighted by Gasteiger charge is 2.22. The molecule has 2 aliphatic carbocycles. The van der Waals surface area contributed by atoms with E-state index in [-0.39, 0.29) is 17.7 Å². The van der Waals surface area contributed by atoms with Crippen molar-refractivity contribution in [3.63, 3.8) is 0 Å². The van der Waals surface area contributed by atoms with E-state index in [1.54, 1.807) is 0 Å². The highest BCUT2D eigenvalue weighted by atomic mass is 16.5. The molecule has 5 nitrogen and oxygen atoms in total. The first-order valence-corrected chi connectivity index (χ1v) is 17.3. The highest BCUT2D eigenvalue weighted by molar-refractivity contribution is 6.04. The van der Waals surface area contributed by atoms with Crippen molar-refractivity contribution in [1.82, 2.24) is 9.97 Å². The van der Waals surface area contributed by atoms with E-state index >= 15 is 0 Å². The smallest absolute Gasteiger partial charge is 0.221 e. The second kappa shape index (κ2) is 14.2. The predicted molar refractivity (Wildman–Crippen MR) is 208 cm³/mol. The predicted octanol–water partition coefficient (Wildman–Crippen LogP) is 11.1. The van der Waals surface area contributed by atoms with Crippen LogP contribution in [0, 0.1) is 10.8 Å². The summed E-state index contributed by atoms with van der Waals surface area (Å²) >= 11 is 0. The van der Waals surface area contributed by atoms with Gasteiger partial charge in [0.15, 0.2) is 5.82 Å². The largest absolute Gasteiger partial charge is 0.421 e. The Kier molecular flexibility index (Phi) is 8.84. The fourth-order valence-electron chi connectivity index (χ4n) is 6.91. The van der Waals surface area contributed by atoms with Crippen molar-refractivity contribution in [3.8, 4) is 45.0 Å². The molecule has 1 unspecified atom stereocenters. The van der Waals surface area contributed by atoms with Crippen LogP contribution in [0.1, 0.15) is 41.0 Å². The minimum Gasteiger partial charge on any atom is -0.421 e. The molecule has 0 radical (unpaired) electrons. The quantitative estimate of drug-likeness (QED) is 0.132. The Hall–Kier alpha value is -6.46. The second-order valence-electron chi connectivity index (χ2n) is 12.8. The van der Waals surface area contributed by atoms with Crippen LogP contribution in [0.3, 0.4) is 0 Å². The fraction of sp³-hybridized carbons (Fsp3) is 0.0870. The van der Waals surface area contributed by atoms with Gasteiger partial charge in [-0.2, -0.15) is 0 Å². The van der Waals surface area contributed by atoms with E-state index < -0.39 is 0 Å². The van der Waals surface area contributed by atoms with Gasteiger partial charge in [0.25, 0.3) is 0 Å². The van der Waals surface area contributed by atoms with Crippen LogP contribution < -0.4 is 0 Å². The summed E-state index contributed by atoms with van der Waals surface area (Å²) in [4.78, 5) is 10.2. The van der Waals surface area contributed by atoms with Gasteiger partial charge in [-0.05, 0) is 65.3 Å². The van der Waals surface area contributed by atoms with E-state index in [4.69, 9.17) is 25.5 Å². The molecule has 246 valence electrons. The lowest BCUT2D eigenvalue weighted by atomic mass is 9.80. The van der Waals surface area contributed by atoms with Crippen LogP contribution in [0.25, 0.3) is 51.1 Å². The maximum Gasteiger partial charge on any atom is 0.221 e. The van der Waals surface area contributed by atoms with Crippen molar-refractivity contribution in [3.05, 3.63) is 186 Å². The molecule has 2 N–H and O–H groups in total. The summed E-state index contributed by atoms with van der Waals surface area (Å²) in [6, 6.07) is 45.6.